The van der Waals surface area contributed by atoms with E-state index in [0.717, 1.165) is 49.0 Å². The molecule has 5 rings (SSSR count). The summed E-state index contributed by atoms with van der Waals surface area (Å²) >= 11 is 0. The molecule has 1 aromatic carbocycles. The second kappa shape index (κ2) is 8.42. The Morgan fingerprint density at radius 3 is 2.59 bits per heavy atom. The Hall–Kier alpha value is -3.14. The fourth-order valence-electron chi connectivity index (χ4n) is 4.30. The predicted octanol–water partition coefficient (Wildman–Crippen LogP) is 4.58. The number of H-pyrrole nitrogens is 1. The molecule has 11 heteroatoms. The smallest absolute Gasteiger partial charge is 0.356 e. The summed E-state index contributed by atoms with van der Waals surface area (Å²) in [7, 11) is 1.84. The fourth-order valence-corrected chi connectivity index (χ4v) is 4.30. The Kier molecular flexibility index (Phi) is 5.81. The van der Waals surface area contributed by atoms with E-state index in [4.69, 9.17) is 0 Å². The molecule has 1 saturated heterocycles. The first-order chi connectivity index (χ1) is 14.9. The predicted molar refractivity (Wildman–Crippen MR) is 117 cm³/mol. The van der Waals surface area contributed by atoms with Gasteiger partial charge in [-0.05, 0) is 18.9 Å². The van der Waals surface area contributed by atoms with Crippen molar-refractivity contribution in [3.8, 4) is 11.3 Å². The van der Waals surface area contributed by atoms with E-state index in [1.54, 1.807) is 18.5 Å². The van der Waals surface area contributed by atoms with E-state index in [1.807, 2.05) is 11.6 Å². The lowest BCUT2D eigenvalue weighted by Crippen LogP contribution is -2.34. The van der Waals surface area contributed by atoms with Crippen molar-refractivity contribution in [2.45, 2.75) is 24.9 Å². The van der Waals surface area contributed by atoms with Gasteiger partial charge in [0, 0.05) is 37.8 Å². The van der Waals surface area contributed by atoms with Crippen molar-refractivity contribution >= 4 is 29.3 Å². The lowest BCUT2D eigenvalue weighted by atomic mass is 9.95. The summed E-state index contributed by atoms with van der Waals surface area (Å²) in [4.78, 5) is 15.4. The number of anilines is 1. The molecule has 32 heavy (non-hydrogen) atoms. The maximum absolute atomic E-state index is 13.4. The topological polar surface area (TPSA) is 75.5 Å². The van der Waals surface area contributed by atoms with Crippen LogP contribution in [-0.4, -0.2) is 42.8 Å². The van der Waals surface area contributed by atoms with E-state index in [1.165, 1.54) is 18.5 Å². The van der Waals surface area contributed by atoms with E-state index < -0.39 is 11.7 Å². The molecule has 1 aliphatic heterocycles. The third-order valence-electron chi connectivity index (χ3n) is 5.81. The van der Waals surface area contributed by atoms with Crippen molar-refractivity contribution in [1.29, 1.82) is 0 Å². The zero-order valence-corrected chi connectivity index (χ0v) is 18.0. The zero-order chi connectivity index (χ0) is 21.6. The quantitative estimate of drug-likeness (QED) is 0.481. The number of benzene rings is 1. The number of alkyl halides is 3. The second-order valence-electron chi connectivity index (χ2n) is 7.73. The average Bonchev–Trinajstić information content (AvgIpc) is 3.40. The van der Waals surface area contributed by atoms with Crippen molar-refractivity contribution < 1.29 is 13.2 Å². The highest BCUT2D eigenvalue weighted by molar-refractivity contribution is 5.86. The van der Waals surface area contributed by atoms with Crippen LogP contribution in [0.4, 0.5) is 19.0 Å². The number of fused-ring (bicyclic) bond motifs is 1. The van der Waals surface area contributed by atoms with Gasteiger partial charge in [-0.25, -0.2) is 15.0 Å². The van der Waals surface area contributed by atoms with E-state index >= 15 is 0 Å². The molecular formula is C21H21ClF3N7. The van der Waals surface area contributed by atoms with Crippen molar-refractivity contribution in [3.05, 3.63) is 54.4 Å². The standard InChI is InChI=1S/C21H20F3N7.ClH/c1-30-11-17(14-4-2-3-5-16(14)21(22,23)24)28-19(30)13-6-8-31(9-7-13)20-15-10-27-29-18(15)25-12-26-20;/h2-5,10-13H,6-9H2,1H3,(H,25,26,27,29);1H. The van der Waals surface area contributed by atoms with Gasteiger partial charge in [-0.1, -0.05) is 18.2 Å². The van der Waals surface area contributed by atoms with Gasteiger partial charge in [0.2, 0.25) is 0 Å². The number of rotatable bonds is 3. The summed E-state index contributed by atoms with van der Waals surface area (Å²) < 4.78 is 42.1. The lowest BCUT2D eigenvalue weighted by Gasteiger charge is -2.32. The number of aromatic nitrogens is 6. The van der Waals surface area contributed by atoms with Crippen LogP contribution in [0.2, 0.25) is 0 Å². The minimum absolute atomic E-state index is 0. The highest BCUT2D eigenvalue weighted by Gasteiger charge is 2.34. The van der Waals surface area contributed by atoms with Gasteiger partial charge in [0.05, 0.1) is 22.8 Å². The number of piperidine rings is 1. The first-order valence-electron chi connectivity index (χ1n) is 10.0. The number of nitrogens with zero attached hydrogens (tertiary/aromatic N) is 6. The molecule has 168 valence electrons. The monoisotopic (exact) mass is 463 g/mol. The minimum Gasteiger partial charge on any atom is -0.356 e. The summed E-state index contributed by atoms with van der Waals surface area (Å²) in [6.07, 6.45) is 2.16. The van der Waals surface area contributed by atoms with Gasteiger partial charge in [0.25, 0.3) is 0 Å². The van der Waals surface area contributed by atoms with E-state index in [9.17, 15) is 13.2 Å². The molecule has 0 amide bonds. The largest absolute Gasteiger partial charge is 0.417 e. The molecule has 1 N–H and O–H groups in total. The number of halogens is 4. The summed E-state index contributed by atoms with van der Waals surface area (Å²) in [6.45, 7) is 1.53. The number of imidazole rings is 1. The number of hydrogen-bond acceptors (Lipinski definition) is 5. The Morgan fingerprint density at radius 1 is 1.09 bits per heavy atom. The van der Waals surface area contributed by atoms with E-state index in [2.05, 4.69) is 30.0 Å². The van der Waals surface area contributed by atoms with Gasteiger partial charge in [-0.15, -0.1) is 12.4 Å². The van der Waals surface area contributed by atoms with Crippen LogP contribution in [0.5, 0.6) is 0 Å². The summed E-state index contributed by atoms with van der Waals surface area (Å²) in [5.74, 6) is 1.81. The Morgan fingerprint density at radius 2 is 1.84 bits per heavy atom. The summed E-state index contributed by atoms with van der Waals surface area (Å²) in [5, 5.41) is 7.77. The van der Waals surface area contributed by atoms with Crippen LogP contribution in [0.25, 0.3) is 22.3 Å². The van der Waals surface area contributed by atoms with Gasteiger partial charge in [0.15, 0.2) is 5.65 Å². The molecule has 1 aliphatic rings. The highest BCUT2D eigenvalue weighted by Crippen LogP contribution is 2.38. The highest BCUT2D eigenvalue weighted by atomic mass is 35.5. The molecule has 4 heterocycles. The van der Waals surface area contributed by atoms with Gasteiger partial charge in [0.1, 0.15) is 18.0 Å². The zero-order valence-electron chi connectivity index (χ0n) is 17.2. The molecule has 0 atom stereocenters. The molecule has 1 fully saturated rings. The van der Waals surface area contributed by atoms with E-state index in [-0.39, 0.29) is 23.9 Å². The lowest BCUT2D eigenvalue weighted by molar-refractivity contribution is -0.137. The van der Waals surface area contributed by atoms with Gasteiger partial charge >= 0.3 is 6.18 Å². The Bertz CT molecular complexity index is 1230. The van der Waals surface area contributed by atoms with E-state index in [0.29, 0.717) is 11.3 Å². The molecule has 3 aromatic heterocycles. The van der Waals surface area contributed by atoms with Crippen LogP contribution in [0.3, 0.4) is 0 Å². The second-order valence-corrected chi connectivity index (χ2v) is 7.73. The molecule has 0 aliphatic carbocycles. The number of aromatic amines is 1. The fraction of sp³-hybridized carbons (Fsp3) is 0.333. The van der Waals surface area contributed by atoms with Crippen molar-refractivity contribution in [2.75, 3.05) is 18.0 Å². The maximum atomic E-state index is 13.4. The summed E-state index contributed by atoms with van der Waals surface area (Å²) in [6, 6.07) is 5.58. The normalized spacial score (nSPS) is 15.2. The van der Waals surface area contributed by atoms with Crippen LogP contribution >= 0.6 is 12.4 Å². The van der Waals surface area contributed by atoms with Gasteiger partial charge in [-0.3, -0.25) is 5.10 Å². The van der Waals surface area contributed by atoms with Gasteiger partial charge in [-0.2, -0.15) is 18.3 Å². The van der Waals surface area contributed by atoms with Crippen LogP contribution in [-0.2, 0) is 13.2 Å². The van der Waals surface area contributed by atoms with Crippen LogP contribution < -0.4 is 4.90 Å². The average molecular weight is 464 g/mol. The van der Waals surface area contributed by atoms with Crippen molar-refractivity contribution in [1.82, 2.24) is 29.7 Å². The Balaban J connectivity index is 0.00000245. The van der Waals surface area contributed by atoms with Crippen LogP contribution in [0.15, 0.2) is 43.0 Å². The minimum atomic E-state index is -4.42. The molecule has 4 aromatic rings. The SMILES string of the molecule is Cl.Cn1cc(-c2ccccc2C(F)(F)F)nc1C1CCN(c2ncnc3[nH]ncc23)CC1. The molecule has 0 spiro atoms. The molecule has 0 unspecified atom stereocenters. The molecule has 0 radical (unpaired) electrons. The molecular weight excluding hydrogens is 443 g/mol. The summed E-state index contributed by atoms with van der Waals surface area (Å²) in [5.41, 5.74) is 0.493. The number of hydrogen-bond donors (Lipinski definition) is 1. The molecule has 0 bridgehead atoms. The first-order valence-corrected chi connectivity index (χ1v) is 10.0. The third kappa shape index (κ3) is 3.90. The Labute approximate surface area is 188 Å². The number of nitrogens with one attached hydrogen (secondary N) is 1. The maximum Gasteiger partial charge on any atom is 0.417 e. The molecule has 7 nitrogen and oxygen atoms in total. The van der Waals surface area contributed by atoms with Crippen LogP contribution in [0, 0.1) is 0 Å². The number of aryl methyl sites for hydroxylation is 1. The van der Waals surface area contributed by atoms with Crippen molar-refractivity contribution in [2.24, 2.45) is 7.05 Å². The van der Waals surface area contributed by atoms with Gasteiger partial charge < -0.3 is 9.47 Å². The third-order valence-corrected chi connectivity index (χ3v) is 5.81. The van der Waals surface area contributed by atoms with Crippen molar-refractivity contribution in [3.63, 3.8) is 0 Å². The van der Waals surface area contributed by atoms with Crippen LogP contribution in [0.1, 0.15) is 30.1 Å². The molecule has 0 saturated carbocycles. The first kappa shape index (κ1) is 22.1.